The van der Waals surface area contributed by atoms with Gasteiger partial charge in [-0.15, -0.1) is 0 Å². The molecule has 0 radical (unpaired) electrons. The summed E-state index contributed by atoms with van der Waals surface area (Å²) in [6, 6.07) is 5.55. The molecule has 1 fully saturated rings. The Morgan fingerprint density at radius 2 is 1.28 bits per heavy atom. The van der Waals surface area contributed by atoms with Gasteiger partial charge in [-0.05, 0) is 18.6 Å². The second kappa shape index (κ2) is 21.8. The number of pyridine rings is 1. The van der Waals surface area contributed by atoms with Gasteiger partial charge >= 0.3 is 12.2 Å². The summed E-state index contributed by atoms with van der Waals surface area (Å²) in [7, 11) is 0. The molecule has 1 aromatic rings. The fraction of sp³-hybridized carbons (Fsp3) is 0.774. The summed E-state index contributed by atoms with van der Waals surface area (Å²) in [5.41, 5.74) is 0.478. The number of nitrogens with zero attached hydrogens (tertiary/aromatic N) is 1. The van der Waals surface area contributed by atoms with Gasteiger partial charge in [-0.3, -0.25) is 4.98 Å². The van der Waals surface area contributed by atoms with Crippen molar-refractivity contribution in [3.8, 4) is 0 Å². The highest BCUT2D eigenvalue weighted by Gasteiger charge is 2.41. The van der Waals surface area contributed by atoms with Crippen molar-refractivity contribution in [2.75, 3.05) is 31.3 Å². The average molecular weight is 564 g/mol. The molecule has 0 atom stereocenters. The third-order valence-corrected chi connectivity index (χ3v) is 8.91. The Hall–Kier alpha value is -1.96. The summed E-state index contributed by atoms with van der Waals surface area (Å²) in [5.74, 6) is 1.62. The van der Waals surface area contributed by atoms with E-state index in [0.29, 0.717) is 13.1 Å². The van der Waals surface area contributed by atoms with E-state index in [1.54, 1.807) is 18.0 Å². The predicted octanol–water partition coefficient (Wildman–Crippen LogP) is 8.03. The van der Waals surface area contributed by atoms with Gasteiger partial charge in [-0.1, -0.05) is 109 Å². The number of hydrogen-bond donors (Lipinski definition) is 2. The highest BCUT2D eigenvalue weighted by Crippen LogP contribution is 2.38. The lowest BCUT2D eigenvalue weighted by atomic mass is 9.94. The van der Waals surface area contributed by atoms with Crippen molar-refractivity contribution in [1.82, 2.24) is 15.6 Å². The summed E-state index contributed by atoms with van der Waals surface area (Å²) in [4.78, 5) is 28.3. The molecule has 0 saturated carbocycles. The van der Waals surface area contributed by atoms with Gasteiger partial charge in [0.05, 0.1) is 17.7 Å². The Morgan fingerprint density at radius 1 is 0.769 bits per heavy atom. The molecule has 2 N–H and O–H groups in total. The minimum Gasteiger partial charge on any atom is -0.449 e. The average Bonchev–Trinajstić information content (AvgIpc) is 2.93. The van der Waals surface area contributed by atoms with Crippen LogP contribution in [0.1, 0.15) is 115 Å². The summed E-state index contributed by atoms with van der Waals surface area (Å²) in [6.07, 6.45) is 22.2. The summed E-state index contributed by atoms with van der Waals surface area (Å²) in [6.45, 7) is 3.74. The Labute approximate surface area is 241 Å². The molecule has 2 rings (SSSR count). The zero-order chi connectivity index (χ0) is 27.9. The zero-order valence-corrected chi connectivity index (χ0v) is 25.2. The molecular formula is C31H53N3O4S. The van der Waals surface area contributed by atoms with Crippen molar-refractivity contribution in [3.63, 3.8) is 0 Å². The number of carbonyl (C=O) groups is 2. The van der Waals surface area contributed by atoms with Crippen LogP contribution < -0.4 is 10.6 Å². The first kappa shape index (κ1) is 33.2. The van der Waals surface area contributed by atoms with E-state index < -0.39 is 6.09 Å². The van der Waals surface area contributed by atoms with Crippen molar-refractivity contribution in [1.29, 1.82) is 0 Å². The van der Waals surface area contributed by atoms with Gasteiger partial charge < -0.3 is 20.1 Å². The van der Waals surface area contributed by atoms with Crippen molar-refractivity contribution in [2.45, 2.75) is 116 Å². The van der Waals surface area contributed by atoms with Crippen LogP contribution >= 0.6 is 11.8 Å². The number of carbonyl (C=O) groups excluding carboxylic acids is 2. The number of amides is 2. The quantitative estimate of drug-likeness (QED) is 0.131. The van der Waals surface area contributed by atoms with Crippen LogP contribution in [0.2, 0.25) is 0 Å². The van der Waals surface area contributed by atoms with Crippen LogP contribution in [0.15, 0.2) is 24.4 Å². The molecule has 2 amide bonds. The van der Waals surface area contributed by atoms with E-state index in [0.717, 1.165) is 30.0 Å². The van der Waals surface area contributed by atoms with E-state index in [-0.39, 0.29) is 24.7 Å². The van der Waals surface area contributed by atoms with Gasteiger partial charge in [-0.2, -0.15) is 11.8 Å². The van der Waals surface area contributed by atoms with Gasteiger partial charge in [-0.25, -0.2) is 9.59 Å². The molecule has 39 heavy (non-hydrogen) atoms. The molecule has 7 nitrogen and oxygen atoms in total. The van der Waals surface area contributed by atoms with Gasteiger partial charge in [0, 0.05) is 24.2 Å². The highest BCUT2D eigenvalue weighted by atomic mass is 32.2. The lowest BCUT2D eigenvalue weighted by Crippen LogP contribution is -2.47. The van der Waals surface area contributed by atoms with E-state index in [4.69, 9.17) is 9.47 Å². The molecule has 1 saturated heterocycles. The van der Waals surface area contributed by atoms with Gasteiger partial charge in [0.2, 0.25) is 0 Å². The van der Waals surface area contributed by atoms with E-state index >= 15 is 0 Å². The highest BCUT2D eigenvalue weighted by molar-refractivity contribution is 8.00. The second-order valence-electron chi connectivity index (χ2n) is 11.0. The molecule has 1 aliphatic rings. The number of thioether (sulfide) groups is 1. The molecule has 1 aromatic heterocycles. The molecular weight excluding hydrogens is 510 g/mol. The van der Waals surface area contributed by atoms with Crippen molar-refractivity contribution in [3.05, 3.63) is 30.1 Å². The monoisotopic (exact) mass is 563 g/mol. The number of ether oxygens (including phenoxy) is 2. The van der Waals surface area contributed by atoms with Crippen LogP contribution in [0.25, 0.3) is 0 Å². The molecule has 0 aliphatic carbocycles. The molecule has 2 heterocycles. The van der Waals surface area contributed by atoms with Gasteiger partial charge in [0.15, 0.2) is 0 Å². The van der Waals surface area contributed by atoms with Crippen molar-refractivity contribution in [2.24, 2.45) is 5.41 Å². The molecule has 0 aromatic carbocycles. The first-order valence-electron chi connectivity index (χ1n) is 15.4. The SMILES string of the molecule is CCCCCCCCCCCCCCCCCCNC(=O)OCC1(COC(=O)NCc2ccccn2)CSC1. The maximum absolute atomic E-state index is 12.1. The number of alkyl carbamates (subject to hydrolysis) is 2. The van der Waals surface area contributed by atoms with Crippen LogP contribution in [-0.2, 0) is 16.0 Å². The molecule has 0 unspecified atom stereocenters. The van der Waals surface area contributed by atoms with Gasteiger partial charge in [0.1, 0.15) is 13.2 Å². The summed E-state index contributed by atoms with van der Waals surface area (Å²) in [5, 5.41) is 5.57. The molecule has 8 heteroatoms. The van der Waals surface area contributed by atoms with Crippen LogP contribution in [0.5, 0.6) is 0 Å². The number of rotatable bonds is 23. The summed E-state index contributed by atoms with van der Waals surface area (Å²) >= 11 is 1.76. The number of aromatic nitrogens is 1. The van der Waals surface area contributed by atoms with Crippen LogP contribution in [0.3, 0.4) is 0 Å². The Bertz CT molecular complexity index is 761. The Balaban J connectivity index is 1.37. The zero-order valence-electron chi connectivity index (χ0n) is 24.4. The second-order valence-corrected chi connectivity index (χ2v) is 12.0. The third kappa shape index (κ3) is 16.7. The van der Waals surface area contributed by atoms with Gasteiger partial charge in [0.25, 0.3) is 0 Å². The van der Waals surface area contributed by atoms with E-state index in [1.807, 2.05) is 18.2 Å². The fourth-order valence-corrected chi connectivity index (χ4v) is 5.78. The number of nitrogens with one attached hydrogen (secondary N) is 2. The number of hydrogen-bond acceptors (Lipinski definition) is 6. The first-order chi connectivity index (χ1) is 19.1. The van der Waals surface area contributed by atoms with E-state index in [1.165, 1.54) is 89.9 Å². The van der Waals surface area contributed by atoms with Crippen LogP contribution in [0.4, 0.5) is 9.59 Å². The topological polar surface area (TPSA) is 89.5 Å². The lowest BCUT2D eigenvalue weighted by molar-refractivity contribution is 0.0458. The van der Waals surface area contributed by atoms with E-state index in [9.17, 15) is 9.59 Å². The molecule has 0 spiro atoms. The fourth-order valence-electron chi connectivity index (χ4n) is 4.67. The maximum Gasteiger partial charge on any atom is 0.407 e. The summed E-state index contributed by atoms with van der Waals surface area (Å²) < 4.78 is 10.9. The minimum absolute atomic E-state index is 0.237. The smallest absolute Gasteiger partial charge is 0.407 e. The predicted molar refractivity (Wildman–Crippen MR) is 161 cm³/mol. The van der Waals surface area contributed by atoms with Crippen molar-refractivity contribution < 1.29 is 19.1 Å². The Morgan fingerprint density at radius 3 is 1.74 bits per heavy atom. The number of unbranched alkanes of at least 4 members (excludes halogenated alkanes) is 15. The van der Waals surface area contributed by atoms with Crippen LogP contribution in [0, 0.1) is 5.41 Å². The first-order valence-corrected chi connectivity index (χ1v) is 16.6. The minimum atomic E-state index is -0.482. The molecule has 222 valence electrons. The van der Waals surface area contributed by atoms with Crippen molar-refractivity contribution >= 4 is 23.9 Å². The largest absolute Gasteiger partial charge is 0.449 e. The Kier molecular flexibility index (Phi) is 18.6. The maximum atomic E-state index is 12.1. The third-order valence-electron chi connectivity index (χ3n) is 7.28. The van der Waals surface area contributed by atoms with Crippen LogP contribution in [-0.4, -0.2) is 48.4 Å². The lowest BCUT2D eigenvalue weighted by Gasteiger charge is -2.39. The van der Waals surface area contributed by atoms with E-state index in [2.05, 4.69) is 22.5 Å². The standard InChI is InChI=1S/C31H53N3O4S/c1-2-3-4-5-6-7-8-9-10-11-12-13-14-15-16-18-22-33-29(35)37-24-31(26-39-27-31)25-38-30(36)34-23-28-20-17-19-21-32-28/h17,19-21H,2-16,18,22-27H2,1H3,(H,33,35)(H,34,36). The molecule has 0 bridgehead atoms. The molecule has 1 aliphatic heterocycles. The normalized spacial score (nSPS) is 13.9.